The van der Waals surface area contributed by atoms with E-state index in [0.717, 1.165) is 43.5 Å². The van der Waals surface area contributed by atoms with Crippen molar-refractivity contribution in [2.75, 3.05) is 26.7 Å². The zero-order valence-electron chi connectivity index (χ0n) is 16.3. The summed E-state index contributed by atoms with van der Waals surface area (Å²) in [6.45, 7) is 7.67. The number of aliphatic imine (C=N–C) groups is 1. The molecule has 2 aromatic rings. The Hall–Kier alpha value is -1.83. The monoisotopic (exact) mass is 480 g/mol. The predicted molar refractivity (Wildman–Crippen MR) is 121 cm³/mol. The molecule has 1 saturated heterocycles. The second kappa shape index (κ2) is 10.5. The molecule has 6 heteroatoms. The highest BCUT2D eigenvalue weighted by Crippen LogP contribution is 2.28. The molecule has 27 heavy (non-hydrogen) atoms. The number of hydrogen-bond acceptors (Lipinski definition) is 3. The Labute approximate surface area is 179 Å². The molecule has 1 N–H and O–H groups in total. The van der Waals surface area contributed by atoms with Gasteiger partial charge in [0.25, 0.3) is 0 Å². The molecule has 0 amide bonds. The molecule has 1 atom stereocenters. The molecule has 0 radical (unpaired) electrons. The number of halogens is 1. The third-order valence-corrected chi connectivity index (χ3v) is 4.91. The molecule has 1 aromatic heterocycles. The van der Waals surface area contributed by atoms with E-state index in [0.29, 0.717) is 12.5 Å². The summed E-state index contributed by atoms with van der Waals surface area (Å²) in [4.78, 5) is 11.6. The fourth-order valence-corrected chi connectivity index (χ4v) is 3.36. The number of nitrogens with zero attached hydrogens (tertiary/aromatic N) is 3. The van der Waals surface area contributed by atoms with Crippen LogP contribution in [0.1, 0.15) is 36.1 Å². The van der Waals surface area contributed by atoms with E-state index in [9.17, 15) is 0 Å². The molecule has 1 aromatic carbocycles. The van der Waals surface area contributed by atoms with E-state index in [1.807, 2.05) is 24.4 Å². The maximum Gasteiger partial charge on any atom is 0.194 e. The molecule has 146 valence electrons. The molecule has 1 aliphatic rings. The Morgan fingerprint density at radius 3 is 2.74 bits per heavy atom. The van der Waals surface area contributed by atoms with Gasteiger partial charge in [0.05, 0.1) is 19.3 Å². The fourth-order valence-electron chi connectivity index (χ4n) is 3.36. The smallest absolute Gasteiger partial charge is 0.194 e. The molecular weight excluding hydrogens is 451 g/mol. The highest BCUT2D eigenvalue weighted by Gasteiger charge is 2.26. The number of pyridine rings is 1. The van der Waals surface area contributed by atoms with Crippen molar-refractivity contribution in [3.05, 3.63) is 59.4 Å². The van der Waals surface area contributed by atoms with Gasteiger partial charge in [0.2, 0.25) is 0 Å². The van der Waals surface area contributed by atoms with Crippen LogP contribution < -0.4 is 10.1 Å². The summed E-state index contributed by atoms with van der Waals surface area (Å²) in [5.74, 6) is 2.42. The topological polar surface area (TPSA) is 49.8 Å². The minimum absolute atomic E-state index is 0. The second-order valence-electron chi connectivity index (χ2n) is 6.64. The standard InChI is InChI=1S/C21H28N4O.HI/c1-4-22-21(24-14-20-16(2)6-5-12-23-20)25-13-11-18(15-25)17-7-9-19(26-3)10-8-17;/h5-10,12,18H,4,11,13-15H2,1-3H3,(H,22,24);1H. The summed E-state index contributed by atoms with van der Waals surface area (Å²) >= 11 is 0. The lowest BCUT2D eigenvalue weighted by Gasteiger charge is -2.22. The van der Waals surface area contributed by atoms with Gasteiger partial charge in [-0.05, 0) is 49.6 Å². The van der Waals surface area contributed by atoms with E-state index in [2.05, 4.69) is 47.2 Å². The highest BCUT2D eigenvalue weighted by molar-refractivity contribution is 14.0. The Morgan fingerprint density at radius 2 is 2.07 bits per heavy atom. The molecule has 0 aliphatic carbocycles. The Bertz CT molecular complexity index is 748. The first-order chi connectivity index (χ1) is 12.7. The van der Waals surface area contributed by atoms with E-state index < -0.39 is 0 Å². The summed E-state index contributed by atoms with van der Waals surface area (Å²) in [6, 6.07) is 12.5. The summed E-state index contributed by atoms with van der Waals surface area (Å²) in [5.41, 5.74) is 3.59. The van der Waals surface area contributed by atoms with Crippen LogP contribution in [0.4, 0.5) is 0 Å². The molecule has 1 fully saturated rings. The van der Waals surface area contributed by atoms with Gasteiger partial charge in [-0.2, -0.15) is 0 Å². The Morgan fingerprint density at radius 1 is 1.30 bits per heavy atom. The normalized spacial score (nSPS) is 16.8. The average Bonchev–Trinajstić information content (AvgIpc) is 3.16. The number of aromatic nitrogens is 1. The average molecular weight is 480 g/mol. The van der Waals surface area contributed by atoms with Crippen molar-refractivity contribution in [2.24, 2.45) is 4.99 Å². The molecule has 3 rings (SSSR count). The number of hydrogen-bond donors (Lipinski definition) is 1. The number of aryl methyl sites for hydroxylation is 1. The van der Waals surface area contributed by atoms with Crippen LogP contribution in [0.15, 0.2) is 47.6 Å². The van der Waals surface area contributed by atoms with Gasteiger partial charge in [0.15, 0.2) is 5.96 Å². The van der Waals surface area contributed by atoms with Gasteiger partial charge >= 0.3 is 0 Å². The molecule has 1 unspecified atom stereocenters. The van der Waals surface area contributed by atoms with Crippen molar-refractivity contribution in [3.8, 4) is 5.75 Å². The minimum atomic E-state index is 0. The lowest BCUT2D eigenvalue weighted by atomic mass is 9.98. The molecule has 0 spiro atoms. The van der Waals surface area contributed by atoms with Crippen molar-refractivity contribution in [3.63, 3.8) is 0 Å². The molecule has 0 bridgehead atoms. The molecule has 5 nitrogen and oxygen atoms in total. The van der Waals surface area contributed by atoms with Gasteiger partial charge in [0.1, 0.15) is 5.75 Å². The summed E-state index contributed by atoms with van der Waals surface area (Å²) < 4.78 is 5.26. The molecule has 1 aliphatic heterocycles. The van der Waals surface area contributed by atoms with E-state index in [4.69, 9.17) is 9.73 Å². The SMILES string of the molecule is CCNC(=NCc1ncccc1C)N1CCC(c2ccc(OC)cc2)C1.I. The van der Waals surface area contributed by atoms with E-state index in [-0.39, 0.29) is 24.0 Å². The summed E-state index contributed by atoms with van der Waals surface area (Å²) in [6.07, 6.45) is 2.97. The van der Waals surface area contributed by atoms with Gasteiger partial charge in [-0.25, -0.2) is 4.99 Å². The number of likely N-dealkylation sites (tertiary alicyclic amines) is 1. The van der Waals surface area contributed by atoms with Crippen LogP contribution in [0, 0.1) is 6.92 Å². The lowest BCUT2D eigenvalue weighted by Crippen LogP contribution is -2.40. The first-order valence-electron chi connectivity index (χ1n) is 9.29. The number of guanidine groups is 1. The van der Waals surface area contributed by atoms with Crippen LogP contribution in [0.25, 0.3) is 0 Å². The van der Waals surface area contributed by atoms with E-state index in [1.54, 1.807) is 7.11 Å². The number of methoxy groups -OCH3 is 1. The van der Waals surface area contributed by atoms with Crippen LogP contribution in [-0.2, 0) is 6.54 Å². The zero-order valence-corrected chi connectivity index (χ0v) is 18.6. The molecule has 2 heterocycles. The zero-order chi connectivity index (χ0) is 18.4. The fraction of sp³-hybridized carbons (Fsp3) is 0.429. The van der Waals surface area contributed by atoms with E-state index in [1.165, 1.54) is 11.1 Å². The highest BCUT2D eigenvalue weighted by atomic mass is 127. The van der Waals surface area contributed by atoms with E-state index >= 15 is 0 Å². The van der Waals surface area contributed by atoms with Crippen LogP contribution >= 0.6 is 24.0 Å². The van der Waals surface area contributed by atoms with Crippen LogP contribution in [0.2, 0.25) is 0 Å². The maximum atomic E-state index is 5.26. The number of benzene rings is 1. The third kappa shape index (κ3) is 5.57. The van der Waals surface area contributed by atoms with Crippen LogP contribution in [0.5, 0.6) is 5.75 Å². The number of nitrogens with one attached hydrogen (secondary N) is 1. The summed E-state index contributed by atoms with van der Waals surface area (Å²) in [5, 5.41) is 3.43. The quantitative estimate of drug-likeness (QED) is 0.400. The largest absolute Gasteiger partial charge is 0.497 e. The van der Waals surface area contributed by atoms with Crippen molar-refractivity contribution in [2.45, 2.75) is 32.7 Å². The van der Waals surface area contributed by atoms with Gasteiger partial charge in [-0.15, -0.1) is 24.0 Å². The first kappa shape index (κ1) is 21.5. The van der Waals surface area contributed by atoms with Crippen LogP contribution in [0.3, 0.4) is 0 Å². The van der Waals surface area contributed by atoms with Gasteiger partial charge in [0, 0.05) is 31.7 Å². The lowest BCUT2D eigenvalue weighted by molar-refractivity contribution is 0.414. The summed E-state index contributed by atoms with van der Waals surface area (Å²) in [7, 11) is 1.70. The predicted octanol–water partition coefficient (Wildman–Crippen LogP) is 3.97. The van der Waals surface area contributed by atoms with Gasteiger partial charge in [-0.3, -0.25) is 4.98 Å². The number of ether oxygens (including phenoxy) is 1. The van der Waals surface area contributed by atoms with Gasteiger partial charge in [-0.1, -0.05) is 18.2 Å². The maximum absolute atomic E-state index is 5.26. The Balaban J connectivity index is 0.00000261. The molecular formula is C21H29IN4O. The van der Waals surface area contributed by atoms with Crippen molar-refractivity contribution >= 4 is 29.9 Å². The Kier molecular flexibility index (Phi) is 8.34. The third-order valence-electron chi connectivity index (χ3n) is 4.91. The van der Waals surface area contributed by atoms with Crippen molar-refractivity contribution in [1.29, 1.82) is 0 Å². The number of rotatable bonds is 5. The van der Waals surface area contributed by atoms with Crippen molar-refractivity contribution < 1.29 is 4.74 Å². The minimum Gasteiger partial charge on any atom is -0.497 e. The van der Waals surface area contributed by atoms with Gasteiger partial charge < -0.3 is 15.0 Å². The van der Waals surface area contributed by atoms with Crippen LogP contribution in [-0.4, -0.2) is 42.6 Å². The van der Waals surface area contributed by atoms with Crippen molar-refractivity contribution in [1.82, 2.24) is 15.2 Å². The molecule has 0 saturated carbocycles. The first-order valence-corrected chi connectivity index (χ1v) is 9.29. The second-order valence-corrected chi connectivity index (χ2v) is 6.64.